The van der Waals surface area contributed by atoms with Crippen molar-refractivity contribution in [3.05, 3.63) is 28.1 Å². The molecule has 0 aliphatic rings. The maximum Gasteiger partial charge on any atom is 0.150 e. The number of benzene rings is 1. The highest BCUT2D eigenvalue weighted by Crippen LogP contribution is 2.38. The van der Waals surface area contributed by atoms with Gasteiger partial charge in [0.15, 0.2) is 6.29 Å². The summed E-state index contributed by atoms with van der Waals surface area (Å²) in [5.41, 5.74) is 0.718. The molecule has 0 atom stereocenters. The minimum atomic E-state index is 0.718. The van der Waals surface area contributed by atoms with Gasteiger partial charge >= 0.3 is 0 Å². The van der Waals surface area contributed by atoms with Crippen LogP contribution in [-0.4, -0.2) is 12.5 Å². The number of aldehydes is 1. The zero-order chi connectivity index (χ0) is 10.1. The Kier molecular flexibility index (Phi) is 2.81. The molecule has 0 aliphatic heterocycles. The fourth-order valence-electron chi connectivity index (χ4n) is 1.36. The van der Waals surface area contributed by atoms with E-state index in [0.717, 1.165) is 31.9 Å². The van der Waals surface area contributed by atoms with Crippen molar-refractivity contribution in [2.75, 3.05) is 6.26 Å². The highest BCUT2D eigenvalue weighted by molar-refractivity contribution is 7.99. The van der Waals surface area contributed by atoms with Gasteiger partial charge in [-0.25, -0.2) is 0 Å². The first-order chi connectivity index (χ1) is 6.77. The monoisotopic (exact) mass is 242 g/mol. The molecule has 0 bridgehead atoms. The molecule has 0 amide bonds. The molecule has 0 N–H and O–H groups in total. The molecule has 72 valence electrons. The summed E-state index contributed by atoms with van der Waals surface area (Å²) in [6, 6.07) is 3.54. The number of carbonyl (C=O) groups excluding carboxylic acids is 1. The van der Waals surface area contributed by atoms with Gasteiger partial charge in [0, 0.05) is 21.2 Å². The van der Waals surface area contributed by atoms with Gasteiger partial charge in [-0.15, -0.1) is 23.1 Å². The first-order valence-electron chi connectivity index (χ1n) is 3.96. The molecule has 0 radical (unpaired) electrons. The molecule has 0 fully saturated rings. The molecule has 2 rings (SSSR count). The van der Waals surface area contributed by atoms with Crippen molar-refractivity contribution >= 4 is 51.1 Å². The van der Waals surface area contributed by atoms with Crippen LogP contribution in [0.15, 0.2) is 22.4 Å². The lowest BCUT2D eigenvalue weighted by molar-refractivity contribution is 0.112. The lowest BCUT2D eigenvalue weighted by Crippen LogP contribution is -1.81. The minimum absolute atomic E-state index is 0.718. The Balaban J connectivity index is 2.88. The van der Waals surface area contributed by atoms with Gasteiger partial charge in [0.25, 0.3) is 0 Å². The fourth-order valence-corrected chi connectivity index (χ4v) is 3.54. The van der Waals surface area contributed by atoms with Crippen LogP contribution in [0, 0.1) is 0 Å². The summed E-state index contributed by atoms with van der Waals surface area (Å²) in [6.07, 6.45) is 2.88. The SMILES string of the molecule is CSc1csc2c(Cl)ccc(C=O)c12. The predicted octanol–water partition coefficient (Wildman–Crippen LogP) is 4.09. The number of thiophene rings is 1. The van der Waals surface area contributed by atoms with Crippen molar-refractivity contribution in [1.82, 2.24) is 0 Å². The van der Waals surface area contributed by atoms with Crippen LogP contribution >= 0.6 is 34.7 Å². The van der Waals surface area contributed by atoms with E-state index in [0.29, 0.717) is 0 Å². The summed E-state index contributed by atoms with van der Waals surface area (Å²) in [7, 11) is 0. The molecule has 0 spiro atoms. The second-order valence-corrected chi connectivity index (χ2v) is 4.90. The first-order valence-corrected chi connectivity index (χ1v) is 6.45. The van der Waals surface area contributed by atoms with Gasteiger partial charge < -0.3 is 0 Å². The number of fused-ring (bicyclic) bond motifs is 1. The molecule has 0 saturated carbocycles. The van der Waals surface area contributed by atoms with Crippen LogP contribution in [0.4, 0.5) is 0 Å². The summed E-state index contributed by atoms with van der Waals surface area (Å²) in [5, 5.41) is 3.75. The van der Waals surface area contributed by atoms with E-state index in [2.05, 4.69) is 0 Å². The highest BCUT2D eigenvalue weighted by Gasteiger charge is 2.10. The van der Waals surface area contributed by atoms with Gasteiger partial charge in [-0.05, 0) is 18.4 Å². The van der Waals surface area contributed by atoms with Gasteiger partial charge in [-0.3, -0.25) is 4.79 Å². The number of carbonyl (C=O) groups is 1. The van der Waals surface area contributed by atoms with Crippen molar-refractivity contribution in [3.8, 4) is 0 Å². The van der Waals surface area contributed by atoms with Crippen molar-refractivity contribution in [2.24, 2.45) is 0 Å². The van der Waals surface area contributed by atoms with Crippen LogP contribution in [0.5, 0.6) is 0 Å². The number of hydrogen-bond acceptors (Lipinski definition) is 3. The zero-order valence-electron chi connectivity index (χ0n) is 7.41. The molecule has 0 saturated heterocycles. The van der Waals surface area contributed by atoms with Crippen molar-refractivity contribution in [3.63, 3.8) is 0 Å². The zero-order valence-corrected chi connectivity index (χ0v) is 9.80. The van der Waals surface area contributed by atoms with Crippen LogP contribution in [0.3, 0.4) is 0 Å². The van der Waals surface area contributed by atoms with Crippen LogP contribution < -0.4 is 0 Å². The molecule has 0 unspecified atom stereocenters. The smallest absolute Gasteiger partial charge is 0.150 e. The Labute approximate surface area is 95.1 Å². The average Bonchev–Trinajstić information content (AvgIpc) is 2.63. The molecule has 14 heavy (non-hydrogen) atoms. The lowest BCUT2D eigenvalue weighted by atomic mass is 10.1. The minimum Gasteiger partial charge on any atom is -0.298 e. The first kappa shape index (κ1) is 10.0. The average molecular weight is 243 g/mol. The molecule has 4 heteroatoms. The Morgan fingerprint density at radius 2 is 2.29 bits per heavy atom. The number of rotatable bonds is 2. The van der Waals surface area contributed by atoms with Crippen LogP contribution in [0.1, 0.15) is 10.4 Å². The van der Waals surface area contributed by atoms with E-state index in [9.17, 15) is 4.79 Å². The second-order valence-electron chi connectivity index (χ2n) is 2.76. The highest BCUT2D eigenvalue weighted by atomic mass is 35.5. The van der Waals surface area contributed by atoms with Gasteiger partial charge in [0.1, 0.15) is 0 Å². The molecular weight excluding hydrogens is 236 g/mol. The summed E-state index contributed by atoms with van der Waals surface area (Å²) in [6.45, 7) is 0. The molecule has 1 heterocycles. The quantitative estimate of drug-likeness (QED) is 0.583. The molecular formula is C10H7ClOS2. The van der Waals surface area contributed by atoms with Gasteiger partial charge in [-0.1, -0.05) is 11.6 Å². The summed E-state index contributed by atoms with van der Waals surface area (Å²) >= 11 is 9.26. The Morgan fingerprint density at radius 1 is 1.50 bits per heavy atom. The van der Waals surface area contributed by atoms with E-state index >= 15 is 0 Å². The summed E-state index contributed by atoms with van der Waals surface area (Å²) in [5.74, 6) is 0. The van der Waals surface area contributed by atoms with E-state index in [1.807, 2.05) is 11.6 Å². The Hall–Kier alpha value is -0.510. The summed E-state index contributed by atoms with van der Waals surface area (Å²) < 4.78 is 1.00. The molecule has 0 aliphatic carbocycles. The maximum atomic E-state index is 10.9. The van der Waals surface area contributed by atoms with Crippen LogP contribution in [-0.2, 0) is 0 Å². The maximum absolute atomic E-state index is 10.9. The Bertz CT molecular complexity index is 490. The van der Waals surface area contributed by atoms with Gasteiger partial charge in [0.05, 0.1) is 9.72 Å². The van der Waals surface area contributed by atoms with Crippen molar-refractivity contribution in [2.45, 2.75) is 4.90 Å². The van der Waals surface area contributed by atoms with Crippen LogP contribution in [0.2, 0.25) is 5.02 Å². The lowest BCUT2D eigenvalue weighted by Gasteiger charge is -1.99. The van der Waals surface area contributed by atoms with E-state index in [4.69, 9.17) is 11.6 Å². The number of halogens is 1. The molecule has 1 nitrogen and oxygen atoms in total. The topological polar surface area (TPSA) is 17.1 Å². The third-order valence-corrected chi connectivity index (χ3v) is 4.37. The third kappa shape index (κ3) is 1.45. The van der Waals surface area contributed by atoms with E-state index in [1.54, 1.807) is 35.2 Å². The fraction of sp³-hybridized carbons (Fsp3) is 0.100. The van der Waals surface area contributed by atoms with Crippen LogP contribution in [0.25, 0.3) is 10.1 Å². The second kappa shape index (κ2) is 3.93. The Morgan fingerprint density at radius 3 is 2.93 bits per heavy atom. The standard InChI is InChI=1S/C10H7ClOS2/c1-13-8-5-14-10-7(11)3-2-6(4-12)9(8)10/h2-5H,1H3. The predicted molar refractivity (Wildman–Crippen MR) is 64.0 cm³/mol. The van der Waals surface area contributed by atoms with Crippen molar-refractivity contribution < 1.29 is 4.79 Å². The molecule has 1 aromatic heterocycles. The van der Waals surface area contributed by atoms with E-state index < -0.39 is 0 Å². The van der Waals surface area contributed by atoms with Gasteiger partial charge in [-0.2, -0.15) is 0 Å². The molecule has 2 aromatic rings. The van der Waals surface area contributed by atoms with E-state index in [-0.39, 0.29) is 0 Å². The largest absolute Gasteiger partial charge is 0.298 e. The summed E-state index contributed by atoms with van der Waals surface area (Å²) in [4.78, 5) is 12.0. The van der Waals surface area contributed by atoms with Gasteiger partial charge in [0.2, 0.25) is 0 Å². The van der Waals surface area contributed by atoms with E-state index in [1.165, 1.54) is 0 Å². The number of thioether (sulfide) groups is 1. The van der Waals surface area contributed by atoms with Crippen molar-refractivity contribution in [1.29, 1.82) is 0 Å². The molecule has 1 aromatic carbocycles. The normalized spacial score (nSPS) is 10.7. The number of hydrogen-bond donors (Lipinski definition) is 0. The third-order valence-electron chi connectivity index (χ3n) is 2.02.